The van der Waals surface area contributed by atoms with Gasteiger partial charge in [0.2, 0.25) is 10.0 Å². The van der Waals surface area contributed by atoms with Gasteiger partial charge >= 0.3 is 0 Å². The molecule has 0 spiro atoms. The molecule has 6 heteroatoms. The molecule has 0 radical (unpaired) electrons. The van der Waals surface area contributed by atoms with E-state index in [4.69, 9.17) is 0 Å². The Morgan fingerprint density at radius 2 is 1.86 bits per heavy atom. The molecule has 2 N–H and O–H groups in total. The Morgan fingerprint density at radius 1 is 1.18 bits per heavy atom. The highest BCUT2D eigenvalue weighted by atomic mass is 32.2. The average molecular weight is 337 g/mol. The van der Waals surface area contributed by atoms with Crippen molar-refractivity contribution in [3.63, 3.8) is 0 Å². The number of benzene rings is 2. The summed E-state index contributed by atoms with van der Waals surface area (Å²) in [5.41, 5.74) is 1.56. The molecular formula is C16H19NO3S2. The molecule has 0 amide bonds. The van der Waals surface area contributed by atoms with Crippen molar-refractivity contribution in [3.05, 3.63) is 59.7 Å². The van der Waals surface area contributed by atoms with Gasteiger partial charge in [0.15, 0.2) is 0 Å². The first-order valence-corrected chi connectivity index (χ1v) is 9.51. The first-order valence-electron chi connectivity index (χ1n) is 6.81. The molecule has 0 fully saturated rings. The fourth-order valence-electron chi connectivity index (χ4n) is 2.00. The third-order valence-electron chi connectivity index (χ3n) is 3.27. The lowest BCUT2D eigenvalue weighted by Gasteiger charge is -2.13. The van der Waals surface area contributed by atoms with Gasteiger partial charge in [-0.25, -0.2) is 13.1 Å². The molecule has 118 valence electrons. The Balaban J connectivity index is 2.04. The Bertz CT molecular complexity index is 727. The van der Waals surface area contributed by atoms with Gasteiger partial charge in [-0.15, -0.1) is 11.8 Å². The first kappa shape index (κ1) is 17.0. The maximum Gasteiger partial charge on any atom is 0.240 e. The zero-order valence-electron chi connectivity index (χ0n) is 12.5. The predicted octanol–water partition coefficient (Wildman–Crippen LogP) is 2.73. The summed E-state index contributed by atoms with van der Waals surface area (Å²) in [6, 6.07) is 14.1. The average Bonchev–Trinajstić information content (AvgIpc) is 2.53. The lowest BCUT2D eigenvalue weighted by Crippen LogP contribution is -2.28. The number of aliphatic hydroxyl groups is 1. The topological polar surface area (TPSA) is 66.4 Å². The van der Waals surface area contributed by atoms with Gasteiger partial charge in [0, 0.05) is 11.4 Å². The van der Waals surface area contributed by atoms with Gasteiger partial charge in [0.1, 0.15) is 0 Å². The van der Waals surface area contributed by atoms with E-state index in [2.05, 4.69) is 4.72 Å². The minimum absolute atomic E-state index is 0.0606. The second-order valence-corrected chi connectivity index (χ2v) is 7.60. The number of aryl methyl sites for hydroxylation is 1. The quantitative estimate of drug-likeness (QED) is 0.796. The second-order valence-electron chi connectivity index (χ2n) is 4.96. The lowest BCUT2D eigenvalue weighted by atomic mass is 10.1. The molecule has 2 aromatic rings. The van der Waals surface area contributed by atoms with Gasteiger partial charge in [-0.2, -0.15) is 0 Å². The number of sulfonamides is 1. The van der Waals surface area contributed by atoms with Crippen LogP contribution in [0, 0.1) is 6.92 Å². The Hall–Kier alpha value is -1.34. The van der Waals surface area contributed by atoms with Crippen molar-refractivity contribution in [1.29, 1.82) is 0 Å². The maximum atomic E-state index is 12.2. The van der Waals surface area contributed by atoms with Gasteiger partial charge in [0.05, 0.1) is 11.0 Å². The first-order chi connectivity index (χ1) is 10.4. The van der Waals surface area contributed by atoms with Crippen LogP contribution in [0.15, 0.2) is 58.3 Å². The third-order valence-corrected chi connectivity index (χ3v) is 5.43. The molecule has 0 aliphatic carbocycles. The summed E-state index contributed by atoms with van der Waals surface area (Å²) in [5, 5.41) is 10.1. The molecule has 1 atom stereocenters. The molecule has 2 aromatic carbocycles. The van der Waals surface area contributed by atoms with Gasteiger partial charge in [0.25, 0.3) is 0 Å². The highest BCUT2D eigenvalue weighted by Crippen LogP contribution is 2.19. The van der Waals surface area contributed by atoms with Crippen LogP contribution in [0.25, 0.3) is 0 Å². The monoisotopic (exact) mass is 337 g/mol. The number of aliphatic hydroxyl groups excluding tert-OH is 1. The van der Waals surface area contributed by atoms with Gasteiger partial charge in [-0.1, -0.05) is 24.3 Å². The van der Waals surface area contributed by atoms with E-state index < -0.39 is 16.1 Å². The molecule has 0 aliphatic rings. The number of hydrogen-bond acceptors (Lipinski definition) is 4. The molecule has 4 nitrogen and oxygen atoms in total. The van der Waals surface area contributed by atoms with Crippen LogP contribution in [0.3, 0.4) is 0 Å². The minimum Gasteiger partial charge on any atom is -0.387 e. The summed E-state index contributed by atoms with van der Waals surface area (Å²) in [5.74, 6) is 0. The highest BCUT2D eigenvalue weighted by molar-refractivity contribution is 7.98. The summed E-state index contributed by atoms with van der Waals surface area (Å²) in [6.45, 7) is 1.77. The van der Waals surface area contributed by atoms with Crippen LogP contribution in [-0.4, -0.2) is 26.3 Å². The zero-order chi connectivity index (χ0) is 16.2. The van der Waals surface area contributed by atoms with E-state index in [0.717, 1.165) is 10.5 Å². The summed E-state index contributed by atoms with van der Waals surface area (Å²) < 4.78 is 26.8. The van der Waals surface area contributed by atoms with E-state index in [1.807, 2.05) is 31.4 Å². The van der Waals surface area contributed by atoms with Crippen molar-refractivity contribution in [1.82, 2.24) is 4.72 Å². The fraction of sp³-hybridized carbons (Fsp3) is 0.250. The summed E-state index contributed by atoms with van der Waals surface area (Å²) in [4.78, 5) is 1.30. The van der Waals surface area contributed by atoms with E-state index in [1.54, 1.807) is 36.0 Å². The molecule has 1 unspecified atom stereocenters. The Morgan fingerprint density at radius 3 is 2.45 bits per heavy atom. The number of thioether (sulfide) groups is 1. The molecule has 2 rings (SSSR count). The lowest BCUT2D eigenvalue weighted by molar-refractivity contribution is 0.182. The van der Waals surface area contributed by atoms with Crippen molar-refractivity contribution in [3.8, 4) is 0 Å². The molecule has 22 heavy (non-hydrogen) atoms. The molecular weight excluding hydrogens is 318 g/mol. The number of hydrogen-bond donors (Lipinski definition) is 2. The second kappa shape index (κ2) is 7.28. The largest absolute Gasteiger partial charge is 0.387 e. The summed E-state index contributed by atoms with van der Waals surface area (Å²) in [7, 11) is -3.61. The standard InChI is InChI=1S/C16H19NO3S2/c1-12-4-3-5-15(10-12)22(19,20)17-11-16(18)13-6-8-14(21-2)9-7-13/h3-10,16-18H,11H2,1-2H3. The van der Waals surface area contributed by atoms with Crippen molar-refractivity contribution >= 4 is 21.8 Å². The van der Waals surface area contributed by atoms with Crippen LogP contribution in [0.2, 0.25) is 0 Å². The van der Waals surface area contributed by atoms with Crippen LogP contribution >= 0.6 is 11.8 Å². The Labute approximate surface area is 135 Å². The fourth-order valence-corrected chi connectivity index (χ4v) is 3.55. The van der Waals surface area contributed by atoms with Crippen molar-refractivity contribution < 1.29 is 13.5 Å². The van der Waals surface area contributed by atoms with Crippen molar-refractivity contribution in [2.75, 3.05) is 12.8 Å². The minimum atomic E-state index is -3.61. The van der Waals surface area contributed by atoms with E-state index in [0.29, 0.717) is 5.56 Å². The number of rotatable bonds is 6. The van der Waals surface area contributed by atoms with Crippen LogP contribution in [0.1, 0.15) is 17.2 Å². The van der Waals surface area contributed by atoms with Crippen LogP contribution in [0.5, 0.6) is 0 Å². The van der Waals surface area contributed by atoms with Gasteiger partial charge in [-0.05, 0) is 48.6 Å². The maximum absolute atomic E-state index is 12.2. The van der Waals surface area contributed by atoms with Crippen LogP contribution in [-0.2, 0) is 10.0 Å². The van der Waals surface area contributed by atoms with Crippen LogP contribution in [0.4, 0.5) is 0 Å². The van der Waals surface area contributed by atoms with Gasteiger partial charge in [-0.3, -0.25) is 0 Å². The predicted molar refractivity (Wildman–Crippen MR) is 89.6 cm³/mol. The number of nitrogens with one attached hydrogen (secondary N) is 1. The third kappa shape index (κ3) is 4.33. The van der Waals surface area contributed by atoms with Crippen molar-refractivity contribution in [2.24, 2.45) is 0 Å². The Kier molecular flexibility index (Phi) is 5.63. The molecule has 0 heterocycles. The van der Waals surface area contributed by atoms with Crippen molar-refractivity contribution in [2.45, 2.75) is 22.8 Å². The molecule has 0 saturated heterocycles. The van der Waals surface area contributed by atoms with E-state index in [1.165, 1.54) is 6.07 Å². The normalized spacial score (nSPS) is 13.0. The van der Waals surface area contributed by atoms with Gasteiger partial charge < -0.3 is 5.11 Å². The molecule has 0 saturated carbocycles. The van der Waals surface area contributed by atoms with E-state index in [-0.39, 0.29) is 11.4 Å². The summed E-state index contributed by atoms with van der Waals surface area (Å²) in [6.07, 6.45) is 1.09. The molecule has 0 aliphatic heterocycles. The SMILES string of the molecule is CSc1ccc(C(O)CNS(=O)(=O)c2cccc(C)c2)cc1. The van der Waals surface area contributed by atoms with Crippen LogP contribution < -0.4 is 4.72 Å². The smallest absolute Gasteiger partial charge is 0.240 e. The zero-order valence-corrected chi connectivity index (χ0v) is 14.1. The van der Waals surface area contributed by atoms with E-state index >= 15 is 0 Å². The van der Waals surface area contributed by atoms with E-state index in [9.17, 15) is 13.5 Å². The molecule has 0 aromatic heterocycles. The highest BCUT2D eigenvalue weighted by Gasteiger charge is 2.16. The molecule has 0 bridgehead atoms. The summed E-state index contributed by atoms with van der Waals surface area (Å²) >= 11 is 1.61.